The molecule has 34 heavy (non-hydrogen) atoms. The maximum absolute atomic E-state index is 12.9. The average Bonchev–Trinajstić information content (AvgIpc) is 3.44. The lowest BCUT2D eigenvalue weighted by atomic mass is 9.92. The quantitative estimate of drug-likeness (QED) is 0.620. The van der Waals surface area contributed by atoms with Crippen LogP contribution in [0.4, 0.5) is 36.6 Å². The van der Waals surface area contributed by atoms with Crippen LogP contribution in [0.2, 0.25) is 0 Å². The van der Waals surface area contributed by atoms with Crippen molar-refractivity contribution in [2.24, 2.45) is 11.8 Å². The molecule has 8 nitrogen and oxygen atoms in total. The average molecular weight is 471 g/mol. The largest absolute Gasteiger partial charge is 0.416 e. The van der Waals surface area contributed by atoms with Gasteiger partial charge >= 0.3 is 6.18 Å². The predicted octanol–water partition coefficient (Wildman–Crippen LogP) is 3.87. The summed E-state index contributed by atoms with van der Waals surface area (Å²) in [6.45, 7) is 5.10. The number of aryl methyl sites for hydroxylation is 1. The number of anilines is 4. The molecule has 0 spiro atoms. The molecule has 1 saturated carbocycles. The number of halogens is 3. The number of rotatable bonds is 4. The fourth-order valence-corrected chi connectivity index (χ4v) is 5.52. The number of nitrogens with one attached hydrogen (secondary N) is 1. The van der Waals surface area contributed by atoms with E-state index < -0.39 is 11.7 Å². The number of hydrogen-bond donors (Lipinski definition) is 1. The molecule has 3 aromatic rings. The van der Waals surface area contributed by atoms with E-state index in [2.05, 4.69) is 25.3 Å². The number of alkyl halides is 3. The van der Waals surface area contributed by atoms with Gasteiger partial charge in [0.15, 0.2) is 0 Å². The SMILES string of the molecule is Cc1cc(N2C[C@H]3CC[C@@H](C2)[C@@H]3Nc2nc3n(n2)CCN3c2ccc(C(F)(F)F)cc2)ncn1. The van der Waals surface area contributed by atoms with Gasteiger partial charge < -0.3 is 15.1 Å². The Morgan fingerprint density at radius 1 is 1.00 bits per heavy atom. The van der Waals surface area contributed by atoms with Gasteiger partial charge in [-0.1, -0.05) is 0 Å². The molecule has 11 heteroatoms. The van der Waals surface area contributed by atoms with Gasteiger partial charge in [0, 0.05) is 43.1 Å². The highest BCUT2D eigenvalue weighted by molar-refractivity contribution is 5.60. The van der Waals surface area contributed by atoms with Crippen LogP contribution in [0.3, 0.4) is 0 Å². The molecule has 2 bridgehead atoms. The molecular weight excluding hydrogens is 445 g/mol. The molecule has 2 fully saturated rings. The van der Waals surface area contributed by atoms with Crippen LogP contribution in [0.5, 0.6) is 0 Å². The second-order valence-corrected chi connectivity index (χ2v) is 9.35. The maximum atomic E-state index is 12.9. The van der Waals surface area contributed by atoms with E-state index in [1.165, 1.54) is 12.1 Å². The first kappa shape index (κ1) is 21.2. The van der Waals surface area contributed by atoms with Crippen LogP contribution in [0.25, 0.3) is 0 Å². The van der Waals surface area contributed by atoms with E-state index in [0.717, 1.165) is 49.6 Å². The molecule has 1 aromatic carbocycles. The van der Waals surface area contributed by atoms with Crippen molar-refractivity contribution in [3.63, 3.8) is 0 Å². The summed E-state index contributed by atoms with van der Waals surface area (Å²) in [6.07, 6.45) is -0.431. The lowest BCUT2D eigenvalue weighted by molar-refractivity contribution is -0.137. The van der Waals surface area contributed by atoms with Gasteiger partial charge in [0.2, 0.25) is 11.9 Å². The van der Waals surface area contributed by atoms with Gasteiger partial charge in [0.05, 0.1) is 12.1 Å². The van der Waals surface area contributed by atoms with Crippen LogP contribution in [-0.4, -0.2) is 50.4 Å². The normalized spacial score (nSPS) is 23.9. The van der Waals surface area contributed by atoms with Gasteiger partial charge in [-0.15, -0.1) is 5.10 Å². The lowest BCUT2D eigenvalue weighted by Crippen LogP contribution is -2.48. The van der Waals surface area contributed by atoms with Crippen LogP contribution >= 0.6 is 0 Å². The molecule has 1 aliphatic carbocycles. The van der Waals surface area contributed by atoms with Crippen molar-refractivity contribution < 1.29 is 13.2 Å². The van der Waals surface area contributed by atoms with Gasteiger partial charge in [0.1, 0.15) is 12.1 Å². The number of aromatic nitrogens is 5. The Hall–Kier alpha value is -3.37. The third-order valence-corrected chi connectivity index (χ3v) is 7.18. The molecule has 3 aliphatic rings. The Morgan fingerprint density at radius 3 is 2.41 bits per heavy atom. The van der Waals surface area contributed by atoms with Crippen molar-refractivity contribution in [2.45, 2.75) is 38.5 Å². The van der Waals surface area contributed by atoms with Crippen molar-refractivity contribution in [3.05, 3.63) is 47.9 Å². The topological polar surface area (TPSA) is 75.0 Å². The lowest BCUT2D eigenvalue weighted by Gasteiger charge is -2.38. The third kappa shape index (κ3) is 3.72. The van der Waals surface area contributed by atoms with Crippen molar-refractivity contribution in [1.82, 2.24) is 24.7 Å². The molecule has 4 heterocycles. The second kappa shape index (κ2) is 7.85. The highest BCUT2D eigenvalue weighted by Gasteiger charge is 2.43. The first-order valence-corrected chi connectivity index (χ1v) is 11.5. The molecule has 178 valence electrons. The van der Waals surface area contributed by atoms with Crippen LogP contribution in [0.1, 0.15) is 24.1 Å². The zero-order valence-electron chi connectivity index (χ0n) is 18.7. The summed E-state index contributed by atoms with van der Waals surface area (Å²) in [4.78, 5) is 17.6. The number of hydrogen-bond acceptors (Lipinski definition) is 7. The van der Waals surface area contributed by atoms with Crippen LogP contribution in [0, 0.1) is 18.8 Å². The summed E-state index contributed by atoms with van der Waals surface area (Å²) in [5, 5.41) is 8.22. The zero-order chi connectivity index (χ0) is 23.4. The Kier molecular flexibility index (Phi) is 4.89. The molecule has 0 radical (unpaired) electrons. The molecular formula is C23H25F3N8. The first-order chi connectivity index (χ1) is 16.3. The van der Waals surface area contributed by atoms with Gasteiger partial charge in [0.25, 0.3) is 0 Å². The summed E-state index contributed by atoms with van der Waals surface area (Å²) in [7, 11) is 0. The standard InChI is InChI=1S/C23H25F3N8/c1-14-10-19(28-13-27-14)32-11-15-2-3-16(12-32)20(15)29-21-30-22-33(8-9-34(22)31-21)18-6-4-17(5-7-18)23(24,25)26/h4-7,10,13,15-16,20H,2-3,8-9,11-12H2,1H3,(H,29,31)/t15-,16+,20-. The van der Waals surface area contributed by atoms with Crippen molar-refractivity contribution in [3.8, 4) is 0 Å². The molecule has 1 saturated heterocycles. The highest BCUT2D eigenvalue weighted by Crippen LogP contribution is 2.40. The highest BCUT2D eigenvalue weighted by atomic mass is 19.4. The third-order valence-electron chi connectivity index (χ3n) is 7.18. The maximum Gasteiger partial charge on any atom is 0.416 e. The van der Waals surface area contributed by atoms with Gasteiger partial charge in [-0.2, -0.15) is 18.2 Å². The van der Waals surface area contributed by atoms with E-state index in [-0.39, 0.29) is 0 Å². The van der Waals surface area contributed by atoms with E-state index >= 15 is 0 Å². The van der Waals surface area contributed by atoms with Gasteiger partial charge in [-0.3, -0.25) is 0 Å². The Labute approximate surface area is 194 Å². The fourth-order valence-electron chi connectivity index (χ4n) is 5.52. The van der Waals surface area contributed by atoms with Crippen LogP contribution < -0.4 is 15.1 Å². The molecule has 0 unspecified atom stereocenters. The van der Waals surface area contributed by atoms with Crippen molar-refractivity contribution in [1.29, 1.82) is 0 Å². The van der Waals surface area contributed by atoms with Gasteiger partial charge in [-0.05, 0) is 55.9 Å². The number of piperidine rings is 1. The van der Waals surface area contributed by atoms with E-state index in [1.54, 1.807) is 6.33 Å². The summed E-state index contributed by atoms with van der Waals surface area (Å²) in [6, 6.07) is 7.53. The predicted molar refractivity (Wildman–Crippen MR) is 121 cm³/mol. The van der Waals surface area contributed by atoms with E-state index in [4.69, 9.17) is 4.98 Å². The zero-order valence-corrected chi connectivity index (χ0v) is 18.7. The Balaban J connectivity index is 1.16. The smallest absolute Gasteiger partial charge is 0.356 e. The first-order valence-electron chi connectivity index (χ1n) is 11.5. The minimum atomic E-state index is -4.35. The number of benzene rings is 1. The Morgan fingerprint density at radius 2 is 1.74 bits per heavy atom. The molecule has 2 aliphatic heterocycles. The molecule has 3 atom stereocenters. The van der Waals surface area contributed by atoms with Crippen molar-refractivity contribution in [2.75, 3.05) is 34.8 Å². The minimum Gasteiger partial charge on any atom is -0.356 e. The molecule has 0 amide bonds. The van der Waals surface area contributed by atoms with E-state index in [1.807, 2.05) is 22.6 Å². The van der Waals surface area contributed by atoms with E-state index in [9.17, 15) is 13.2 Å². The van der Waals surface area contributed by atoms with Crippen LogP contribution in [-0.2, 0) is 12.7 Å². The number of fused-ring (bicyclic) bond motifs is 3. The molecule has 2 aromatic heterocycles. The number of nitrogens with zero attached hydrogens (tertiary/aromatic N) is 7. The minimum absolute atomic E-state index is 0.293. The Bertz CT molecular complexity index is 1180. The summed E-state index contributed by atoms with van der Waals surface area (Å²) < 4.78 is 40.6. The summed E-state index contributed by atoms with van der Waals surface area (Å²) >= 11 is 0. The molecule has 6 rings (SSSR count). The monoisotopic (exact) mass is 470 g/mol. The van der Waals surface area contributed by atoms with Gasteiger partial charge in [-0.25, -0.2) is 14.6 Å². The summed E-state index contributed by atoms with van der Waals surface area (Å²) in [5.74, 6) is 3.16. The fraction of sp³-hybridized carbons (Fsp3) is 0.478. The van der Waals surface area contributed by atoms with E-state index in [0.29, 0.717) is 48.6 Å². The second-order valence-electron chi connectivity index (χ2n) is 9.35. The molecule has 1 N–H and O–H groups in total. The van der Waals surface area contributed by atoms with Crippen molar-refractivity contribution >= 4 is 23.4 Å². The summed E-state index contributed by atoms with van der Waals surface area (Å²) in [5.41, 5.74) is 0.990. The van der Waals surface area contributed by atoms with Crippen LogP contribution in [0.15, 0.2) is 36.7 Å².